The van der Waals surface area contributed by atoms with Gasteiger partial charge in [0.15, 0.2) is 0 Å². The van der Waals surface area contributed by atoms with Crippen molar-refractivity contribution in [3.8, 4) is 0 Å². The number of carbonyl (C=O) groups is 1. The van der Waals surface area contributed by atoms with Crippen molar-refractivity contribution in [2.45, 2.75) is 13.5 Å². The van der Waals surface area contributed by atoms with E-state index >= 15 is 0 Å². The van der Waals surface area contributed by atoms with Gasteiger partial charge >= 0.3 is 0 Å². The second-order valence-corrected chi connectivity index (χ2v) is 5.82. The van der Waals surface area contributed by atoms with Gasteiger partial charge in [0.1, 0.15) is 0 Å². The molecule has 1 aromatic heterocycles. The molecule has 0 spiro atoms. The summed E-state index contributed by atoms with van der Waals surface area (Å²) in [5, 5.41) is 12.0. The number of amides is 1. The summed E-state index contributed by atoms with van der Waals surface area (Å²) in [6.07, 6.45) is 1.90. The average molecular weight is 271 g/mol. The summed E-state index contributed by atoms with van der Waals surface area (Å²) in [4.78, 5) is 14.3. The molecule has 0 atom stereocenters. The zero-order valence-electron chi connectivity index (χ0n) is 10.4. The fraction of sp³-hybridized carbons (Fsp3) is 0.133. The van der Waals surface area contributed by atoms with Crippen molar-refractivity contribution in [1.29, 1.82) is 0 Å². The van der Waals surface area contributed by atoms with E-state index in [0.717, 1.165) is 21.7 Å². The van der Waals surface area contributed by atoms with Crippen molar-refractivity contribution in [3.05, 3.63) is 51.2 Å². The Bertz CT molecular complexity index is 685. The van der Waals surface area contributed by atoms with Crippen LogP contribution in [-0.2, 0) is 11.4 Å². The van der Waals surface area contributed by atoms with Crippen molar-refractivity contribution in [1.82, 2.24) is 0 Å². The number of hydrogen-bond acceptors (Lipinski definition) is 3. The van der Waals surface area contributed by atoms with Gasteiger partial charge in [-0.3, -0.25) is 4.79 Å². The number of nitrogens with one attached hydrogen (secondary N) is 1. The van der Waals surface area contributed by atoms with Gasteiger partial charge in [0.2, 0.25) is 0 Å². The fourth-order valence-corrected chi connectivity index (χ4v) is 2.97. The van der Waals surface area contributed by atoms with Gasteiger partial charge in [-0.2, -0.15) is 0 Å². The predicted octanol–water partition coefficient (Wildman–Crippen LogP) is 3.04. The Kier molecular flexibility index (Phi) is 2.97. The van der Waals surface area contributed by atoms with Crippen LogP contribution in [0.15, 0.2) is 30.3 Å². The lowest BCUT2D eigenvalue weighted by Gasteiger charge is -2.01. The summed E-state index contributed by atoms with van der Waals surface area (Å²) in [6, 6.07) is 9.55. The van der Waals surface area contributed by atoms with Crippen molar-refractivity contribution >= 4 is 34.6 Å². The van der Waals surface area contributed by atoms with Gasteiger partial charge in [0, 0.05) is 21.0 Å². The summed E-state index contributed by atoms with van der Waals surface area (Å²) in [7, 11) is 0. The van der Waals surface area contributed by atoms with Gasteiger partial charge in [-0.15, -0.1) is 11.3 Å². The van der Waals surface area contributed by atoms with Crippen LogP contribution in [0.2, 0.25) is 0 Å². The highest BCUT2D eigenvalue weighted by molar-refractivity contribution is 7.12. The Labute approximate surface area is 115 Å². The zero-order valence-corrected chi connectivity index (χ0v) is 11.3. The molecular weight excluding hydrogens is 258 g/mol. The number of hydrogen-bond donors (Lipinski definition) is 2. The average Bonchev–Trinajstić information content (AvgIpc) is 2.94. The second-order valence-electron chi connectivity index (χ2n) is 4.50. The third kappa shape index (κ3) is 2.20. The molecular formula is C15H13NO2S. The van der Waals surface area contributed by atoms with Gasteiger partial charge in [-0.05, 0) is 42.8 Å². The first kappa shape index (κ1) is 12.1. The maximum Gasteiger partial charge on any atom is 0.256 e. The third-order valence-electron chi connectivity index (χ3n) is 3.10. The van der Waals surface area contributed by atoms with Crippen LogP contribution in [0.4, 0.5) is 5.69 Å². The third-order valence-corrected chi connectivity index (χ3v) is 4.04. The maximum atomic E-state index is 12.0. The van der Waals surface area contributed by atoms with E-state index in [1.54, 1.807) is 11.3 Å². The Morgan fingerprint density at radius 1 is 1.32 bits per heavy atom. The minimum absolute atomic E-state index is 0.0210. The van der Waals surface area contributed by atoms with E-state index in [2.05, 4.69) is 5.32 Å². The molecule has 1 aliphatic rings. The van der Waals surface area contributed by atoms with Crippen LogP contribution < -0.4 is 5.32 Å². The molecule has 19 heavy (non-hydrogen) atoms. The van der Waals surface area contributed by atoms with E-state index in [9.17, 15) is 9.90 Å². The zero-order chi connectivity index (χ0) is 13.4. The first-order valence-corrected chi connectivity index (χ1v) is 6.82. The van der Waals surface area contributed by atoms with E-state index in [1.807, 2.05) is 43.3 Å². The van der Waals surface area contributed by atoms with Crippen molar-refractivity contribution in [3.63, 3.8) is 0 Å². The number of thiophene rings is 1. The van der Waals surface area contributed by atoms with Crippen molar-refractivity contribution in [2.24, 2.45) is 0 Å². The van der Waals surface area contributed by atoms with Crippen LogP contribution in [0, 0.1) is 6.92 Å². The van der Waals surface area contributed by atoms with Gasteiger partial charge in [-0.1, -0.05) is 6.07 Å². The van der Waals surface area contributed by atoms with Crippen LogP contribution in [0.1, 0.15) is 20.9 Å². The Morgan fingerprint density at radius 2 is 2.16 bits per heavy atom. The first-order valence-electron chi connectivity index (χ1n) is 6.01. The fourth-order valence-electron chi connectivity index (χ4n) is 2.15. The highest BCUT2D eigenvalue weighted by Gasteiger charge is 2.24. The molecule has 0 bridgehead atoms. The number of benzene rings is 1. The lowest BCUT2D eigenvalue weighted by Crippen LogP contribution is -2.03. The van der Waals surface area contributed by atoms with Gasteiger partial charge in [0.25, 0.3) is 5.91 Å². The number of carbonyl (C=O) groups excluding carboxylic acids is 1. The molecule has 1 aliphatic heterocycles. The normalized spacial score (nSPS) is 15.7. The summed E-state index contributed by atoms with van der Waals surface area (Å²) in [6.45, 7) is 2.02. The van der Waals surface area contributed by atoms with E-state index < -0.39 is 0 Å². The number of aryl methyl sites for hydroxylation is 1. The SMILES string of the molecule is Cc1ccc(C=C2C(=O)Nc3ccc(CO)cc32)s1. The molecule has 96 valence electrons. The van der Waals surface area contributed by atoms with Gasteiger partial charge in [0.05, 0.1) is 12.2 Å². The number of aliphatic hydroxyl groups is 1. The minimum atomic E-state index is -0.0869. The molecule has 0 saturated heterocycles. The summed E-state index contributed by atoms with van der Waals surface area (Å²) >= 11 is 1.66. The van der Waals surface area contributed by atoms with E-state index in [1.165, 1.54) is 4.88 Å². The second kappa shape index (κ2) is 4.64. The van der Waals surface area contributed by atoms with E-state index in [-0.39, 0.29) is 12.5 Å². The molecule has 2 heterocycles. The van der Waals surface area contributed by atoms with Crippen LogP contribution in [0.5, 0.6) is 0 Å². The van der Waals surface area contributed by atoms with Gasteiger partial charge in [-0.25, -0.2) is 0 Å². The molecule has 0 aliphatic carbocycles. The van der Waals surface area contributed by atoms with Crippen LogP contribution in [0.3, 0.4) is 0 Å². The number of rotatable bonds is 2. The molecule has 3 nitrogen and oxygen atoms in total. The lowest BCUT2D eigenvalue weighted by atomic mass is 10.0. The standard InChI is InChI=1S/C15H13NO2S/c1-9-2-4-11(19-9)7-13-12-6-10(8-17)3-5-14(12)16-15(13)18/h2-7,17H,8H2,1H3,(H,16,18). The largest absolute Gasteiger partial charge is 0.392 e. The summed E-state index contributed by atoms with van der Waals surface area (Å²) in [5.41, 5.74) is 3.14. The van der Waals surface area contributed by atoms with E-state index in [0.29, 0.717) is 5.57 Å². The monoisotopic (exact) mass is 271 g/mol. The molecule has 0 radical (unpaired) electrons. The highest BCUT2D eigenvalue weighted by atomic mass is 32.1. The Hall–Kier alpha value is -1.91. The number of aliphatic hydroxyl groups excluding tert-OH is 1. The lowest BCUT2D eigenvalue weighted by molar-refractivity contribution is -0.110. The molecule has 0 saturated carbocycles. The molecule has 0 unspecified atom stereocenters. The number of anilines is 1. The van der Waals surface area contributed by atoms with Crippen molar-refractivity contribution in [2.75, 3.05) is 5.32 Å². The van der Waals surface area contributed by atoms with Crippen LogP contribution in [-0.4, -0.2) is 11.0 Å². The first-order chi connectivity index (χ1) is 9.17. The Morgan fingerprint density at radius 3 is 2.84 bits per heavy atom. The summed E-state index contributed by atoms with van der Waals surface area (Å²) < 4.78 is 0. The smallest absolute Gasteiger partial charge is 0.256 e. The molecule has 2 aromatic rings. The quantitative estimate of drug-likeness (QED) is 0.825. The molecule has 2 N–H and O–H groups in total. The topological polar surface area (TPSA) is 49.3 Å². The van der Waals surface area contributed by atoms with Crippen LogP contribution in [0.25, 0.3) is 11.6 Å². The van der Waals surface area contributed by atoms with Gasteiger partial charge < -0.3 is 10.4 Å². The van der Waals surface area contributed by atoms with Crippen LogP contribution >= 0.6 is 11.3 Å². The molecule has 1 amide bonds. The molecule has 3 rings (SSSR count). The summed E-state index contributed by atoms with van der Waals surface area (Å²) in [5.74, 6) is -0.0869. The van der Waals surface area contributed by atoms with E-state index in [4.69, 9.17) is 0 Å². The maximum absolute atomic E-state index is 12.0. The predicted molar refractivity (Wildman–Crippen MR) is 77.9 cm³/mol. The molecule has 1 aromatic carbocycles. The Balaban J connectivity index is 2.08. The molecule has 4 heteroatoms. The minimum Gasteiger partial charge on any atom is -0.392 e. The highest BCUT2D eigenvalue weighted by Crippen LogP contribution is 2.34. The number of fused-ring (bicyclic) bond motifs is 1. The van der Waals surface area contributed by atoms with Crippen molar-refractivity contribution < 1.29 is 9.90 Å². The molecule has 0 fully saturated rings.